The van der Waals surface area contributed by atoms with Crippen LogP contribution >= 0.6 is 0 Å². The first kappa shape index (κ1) is 20.0. The number of nitrogens with two attached hydrogens (primary N) is 1. The van der Waals surface area contributed by atoms with Gasteiger partial charge in [-0.2, -0.15) is 0 Å². The first-order valence-corrected chi connectivity index (χ1v) is 10.0. The van der Waals surface area contributed by atoms with Gasteiger partial charge in [-0.05, 0) is 51.6 Å². The smallest absolute Gasteiger partial charge is 0.217 e. The van der Waals surface area contributed by atoms with E-state index in [1.54, 1.807) is 0 Å². The third kappa shape index (κ3) is 6.84. The van der Waals surface area contributed by atoms with Crippen molar-refractivity contribution in [2.45, 2.75) is 63.8 Å². The van der Waals surface area contributed by atoms with Crippen LogP contribution in [0.4, 0.5) is 0 Å². The number of aliphatic imine (C=N–C) groups is 1. The highest BCUT2D eigenvalue weighted by molar-refractivity contribution is 5.80. The van der Waals surface area contributed by atoms with E-state index in [4.69, 9.17) is 5.73 Å². The number of guanidine groups is 1. The molecule has 0 aromatic heterocycles. The number of carbonyl (C=O) groups is 1. The Morgan fingerprint density at radius 3 is 2.68 bits per heavy atom. The van der Waals surface area contributed by atoms with Crippen LogP contribution in [0.25, 0.3) is 0 Å². The molecule has 3 N–H and O–H groups in total. The molecule has 25 heavy (non-hydrogen) atoms. The molecule has 1 atom stereocenters. The fraction of sp³-hybridized carbons (Fsp3) is 0.895. The number of piperidine rings is 1. The van der Waals surface area contributed by atoms with Crippen LogP contribution in [0.3, 0.4) is 0 Å². The molecule has 6 nitrogen and oxygen atoms in total. The summed E-state index contributed by atoms with van der Waals surface area (Å²) in [7, 11) is 4.11. The summed E-state index contributed by atoms with van der Waals surface area (Å²) in [5.41, 5.74) is 5.36. The van der Waals surface area contributed by atoms with Gasteiger partial charge in [-0.25, -0.2) is 0 Å². The van der Waals surface area contributed by atoms with Crippen molar-refractivity contribution in [1.29, 1.82) is 0 Å². The van der Waals surface area contributed by atoms with Gasteiger partial charge >= 0.3 is 0 Å². The second kappa shape index (κ2) is 10.6. The van der Waals surface area contributed by atoms with Gasteiger partial charge < -0.3 is 20.9 Å². The molecule has 0 radical (unpaired) electrons. The Morgan fingerprint density at radius 2 is 2.00 bits per heavy atom. The fourth-order valence-electron chi connectivity index (χ4n) is 4.27. The van der Waals surface area contributed by atoms with Crippen LogP contribution in [0.15, 0.2) is 4.99 Å². The molecule has 1 amide bonds. The van der Waals surface area contributed by atoms with Crippen LogP contribution in [-0.4, -0.2) is 68.0 Å². The Bertz CT molecular complexity index is 434. The van der Waals surface area contributed by atoms with Crippen molar-refractivity contribution >= 4 is 11.9 Å². The Labute approximate surface area is 153 Å². The predicted octanol–water partition coefficient (Wildman–Crippen LogP) is 1.80. The molecule has 1 heterocycles. The van der Waals surface area contributed by atoms with E-state index in [1.165, 1.54) is 32.1 Å². The maximum Gasteiger partial charge on any atom is 0.217 e. The van der Waals surface area contributed by atoms with Crippen LogP contribution in [0, 0.1) is 5.92 Å². The molecule has 1 aliphatic heterocycles. The van der Waals surface area contributed by atoms with Crippen molar-refractivity contribution in [3.05, 3.63) is 0 Å². The summed E-state index contributed by atoms with van der Waals surface area (Å²) in [5.74, 6) is 1.14. The Balaban J connectivity index is 1.68. The van der Waals surface area contributed by atoms with Crippen molar-refractivity contribution in [1.82, 2.24) is 15.1 Å². The van der Waals surface area contributed by atoms with Crippen molar-refractivity contribution in [3.8, 4) is 0 Å². The van der Waals surface area contributed by atoms with Gasteiger partial charge in [0.05, 0.1) is 0 Å². The molecule has 2 aliphatic rings. The molecule has 1 saturated carbocycles. The van der Waals surface area contributed by atoms with E-state index in [0.717, 1.165) is 57.4 Å². The second-order valence-electron chi connectivity index (χ2n) is 7.72. The number of nitrogens with one attached hydrogen (secondary N) is 1. The van der Waals surface area contributed by atoms with E-state index < -0.39 is 0 Å². The molecule has 1 saturated heterocycles. The minimum Gasteiger partial charge on any atom is -0.370 e. The topological polar surface area (TPSA) is 74.0 Å². The number of hydrogen-bond donors (Lipinski definition) is 2. The van der Waals surface area contributed by atoms with Gasteiger partial charge in [0.25, 0.3) is 0 Å². The molecule has 0 spiro atoms. The minimum atomic E-state index is -0.194. The molecule has 1 unspecified atom stereocenters. The molecule has 0 bridgehead atoms. The van der Waals surface area contributed by atoms with E-state index in [0.29, 0.717) is 12.3 Å². The summed E-state index contributed by atoms with van der Waals surface area (Å²) in [6.07, 6.45) is 10.7. The maximum atomic E-state index is 11.2. The zero-order chi connectivity index (χ0) is 18.1. The van der Waals surface area contributed by atoms with Crippen molar-refractivity contribution in [2.75, 3.05) is 40.3 Å². The number of rotatable bonds is 7. The first-order valence-electron chi connectivity index (χ1n) is 10.0. The van der Waals surface area contributed by atoms with Gasteiger partial charge in [-0.15, -0.1) is 0 Å². The average Bonchev–Trinajstić information content (AvgIpc) is 2.62. The second-order valence-corrected chi connectivity index (χ2v) is 7.72. The summed E-state index contributed by atoms with van der Waals surface area (Å²) >= 11 is 0. The summed E-state index contributed by atoms with van der Waals surface area (Å²) in [4.78, 5) is 20.4. The Hall–Kier alpha value is -1.30. The highest BCUT2D eigenvalue weighted by Gasteiger charge is 2.23. The number of primary amides is 1. The molecule has 2 fully saturated rings. The molecular formula is C19H37N5O. The maximum absolute atomic E-state index is 11.2. The lowest BCUT2D eigenvalue weighted by molar-refractivity contribution is -0.119. The monoisotopic (exact) mass is 351 g/mol. The minimum absolute atomic E-state index is 0.194. The van der Waals surface area contributed by atoms with Gasteiger partial charge in [-0.1, -0.05) is 19.3 Å². The third-order valence-electron chi connectivity index (χ3n) is 5.69. The van der Waals surface area contributed by atoms with Crippen LogP contribution in [-0.2, 0) is 4.79 Å². The average molecular weight is 352 g/mol. The van der Waals surface area contributed by atoms with Crippen LogP contribution < -0.4 is 11.1 Å². The van der Waals surface area contributed by atoms with Gasteiger partial charge in [0.1, 0.15) is 0 Å². The number of carbonyl (C=O) groups excluding carboxylic acids is 1. The Morgan fingerprint density at radius 1 is 1.24 bits per heavy atom. The lowest BCUT2D eigenvalue weighted by Gasteiger charge is -2.35. The largest absolute Gasteiger partial charge is 0.370 e. The van der Waals surface area contributed by atoms with Gasteiger partial charge in [-0.3, -0.25) is 9.79 Å². The molecule has 1 aliphatic carbocycles. The molecule has 6 heteroatoms. The van der Waals surface area contributed by atoms with E-state index in [-0.39, 0.29) is 5.91 Å². The fourth-order valence-corrected chi connectivity index (χ4v) is 4.27. The number of amides is 1. The van der Waals surface area contributed by atoms with E-state index in [1.807, 2.05) is 7.05 Å². The normalized spacial score (nSPS) is 23.1. The van der Waals surface area contributed by atoms with Crippen molar-refractivity contribution in [3.63, 3.8) is 0 Å². The summed E-state index contributed by atoms with van der Waals surface area (Å²) in [6.45, 7) is 3.97. The first-order chi connectivity index (χ1) is 12.1. The molecule has 144 valence electrons. The highest BCUT2D eigenvalue weighted by Crippen LogP contribution is 2.21. The summed E-state index contributed by atoms with van der Waals surface area (Å²) in [6, 6.07) is 0.782. The van der Waals surface area contributed by atoms with Crippen molar-refractivity contribution in [2.24, 2.45) is 16.6 Å². The predicted molar refractivity (Wildman–Crippen MR) is 104 cm³/mol. The van der Waals surface area contributed by atoms with Gasteiger partial charge in [0.2, 0.25) is 5.91 Å². The Kier molecular flexibility index (Phi) is 8.52. The zero-order valence-electron chi connectivity index (χ0n) is 16.2. The van der Waals surface area contributed by atoms with Crippen LogP contribution in [0.5, 0.6) is 0 Å². The third-order valence-corrected chi connectivity index (χ3v) is 5.69. The summed E-state index contributed by atoms with van der Waals surface area (Å²) in [5, 5.41) is 3.50. The van der Waals surface area contributed by atoms with E-state index in [2.05, 4.69) is 27.2 Å². The lowest BCUT2D eigenvalue weighted by Crippen LogP contribution is -2.47. The molecule has 0 aromatic carbocycles. The number of likely N-dealkylation sites (tertiary alicyclic amines) is 1. The highest BCUT2D eigenvalue weighted by atomic mass is 16.1. The lowest BCUT2D eigenvalue weighted by atomic mass is 9.94. The number of nitrogens with zero attached hydrogens (tertiary/aromatic N) is 3. The van der Waals surface area contributed by atoms with E-state index >= 15 is 0 Å². The number of hydrogen-bond acceptors (Lipinski definition) is 3. The SMILES string of the molecule is CN=C(NCCCN(C)C1CCCCC1)N1CCCC(CC(N)=O)C1. The molecule has 0 aromatic rings. The molecular weight excluding hydrogens is 314 g/mol. The van der Waals surface area contributed by atoms with Crippen LogP contribution in [0.1, 0.15) is 57.8 Å². The standard InChI is InChI=1S/C19H37N5O/c1-21-19(24-13-6-8-16(15-24)14-18(20)25)22-11-7-12-23(2)17-9-4-3-5-10-17/h16-17H,3-15H2,1-2H3,(H2,20,25)(H,21,22). The van der Waals surface area contributed by atoms with E-state index in [9.17, 15) is 4.79 Å². The van der Waals surface area contributed by atoms with Crippen molar-refractivity contribution < 1.29 is 4.79 Å². The molecule has 2 rings (SSSR count). The quantitative estimate of drug-likeness (QED) is 0.417. The van der Waals surface area contributed by atoms with Crippen LogP contribution in [0.2, 0.25) is 0 Å². The zero-order valence-corrected chi connectivity index (χ0v) is 16.2. The summed E-state index contributed by atoms with van der Waals surface area (Å²) < 4.78 is 0. The van der Waals surface area contributed by atoms with Gasteiger partial charge in [0, 0.05) is 39.1 Å². The van der Waals surface area contributed by atoms with Gasteiger partial charge in [0.15, 0.2) is 5.96 Å².